The van der Waals surface area contributed by atoms with Gasteiger partial charge < -0.3 is 31.0 Å². The minimum Gasteiger partial charge on any atom is -0.497 e. The summed E-state index contributed by atoms with van der Waals surface area (Å²) in [4.78, 5) is 11.8. The molecule has 1 aromatic heterocycles. The Balaban J connectivity index is 1.88. The van der Waals surface area contributed by atoms with Crippen molar-refractivity contribution >= 4 is 17.2 Å². The van der Waals surface area contributed by atoms with Crippen LogP contribution in [0.5, 0.6) is 5.75 Å². The summed E-state index contributed by atoms with van der Waals surface area (Å²) in [7, 11) is 1.48. The second kappa shape index (κ2) is 11.3. The van der Waals surface area contributed by atoms with E-state index >= 15 is 0 Å². The molecule has 3 aromatic rings. The zero-order valence-electron chi connectivity index (χ0n) is 18.8. The highest BCUT2D eigenvalue weighted by molar-refractivity contribution is 5.75. The normalized spacial score (nSPS) is 13.8. The number of aliphatic imine (C=N–C) groups is 1. The van der Waals surface area contributed by atoms with Crippen LogP contribution in [0.3, 0.4) is 0 Å². The Labute approximate surface area is 197 Å². The molecule has 0 spiro atoms. The Morgan fingerprint density at radius 3 is 2.59 bits per heavy atom. The maximum Gasteiger partial charge on any atom is 0.243 e. The lowest BCUT2D eigenvalue weighted by Gasteiger charge is -2.14. The van der Waals surface area contributed by atoms with E-state index in [1.807, 2.05) is 24.3 Å². The topological polar surface area (TPSA) is 132 Å². The molecule has 0 aliphatic rings. The van der Waals surface area contributed by atoms with Gasteiger partial charge in [0.2, 0.25) is 5.88 Å². The number of aromatic nitrogens is 2. The summed E-state index contributed by atoms with van der Waals surface area (Å²) in [6, 6.07) is 14.5. The molecule has 174 valence electrons. The number of imidazole rings is 1. The molecular formula is C26H27N5O3. The van der Waals surface area contributed by atoms with Crippen molar-refractivity contribution in [3.63, 3.8) is 0 Å². The summed E-state index contributed by atoms with van der Waals surface area (Å²) in [5.74, 6) is 1.34. The number of hydrogen-bond acceptors (Lipinski definition) is 7. The van der Waals surface area contributed by atoms with E-state index in [0.29, 0.717) is 28.5 Å². The van der Waals surface area contributed by atoms with Crippen LogP contribution >= 0.6 is 0 Å². The summed E-state index contributed by atoms with van der Waals surface area (Å²) in [6.07, 6.45) is 6.61. The molecule has 3 rings (SSSR count). The average Bonchev–Trinajstić information content (AvgIpc) is 3.30. The number of nitrogens with zero attached hydrogens (tertiary/aromatic N) is 2. The fourth-order valence-corrected chi connectivity index (χ4v) is 3.07. The highest BCUT2D eigenvalue weighted by atomic mass is 16.5. The Hall–Kier alpha value is -4.56. The van der Waals surface area contributed by atoms with Gasteiger partial charge in [-0.25, -0.2) is 9.98 Å². The zero-order chi connectivity index (χ0) is 24.5. The van der Waals surface area contributed by atoms with Gasteiger partial charge in [-0.15, -0.1) is 0 Å². The van der Waals surface area contributed by atoms with Crippen molar-refractivity contribution in [2.24, 2.45) is 16.5 Å². The number of rotatable bonds is 10. The monoisotopic (exact) mass is 457 g/mol. The first kappa shape index (κ1) is 24.1. The second-order valence-electron chi connectivity index (χ2n) is 7.04. The lowest BCUT2D eigenvalue weighted by atomic mass is 10.1. The maximum absolute atomic E-state index is 10.8. The van der Waals surface area contributed by atoms with Crippen molar-refractivity contribution in [1.29, 1.82) is 0 Å². The number of H-pyrrole nitrogens is 1. The van der Waals surface area contributed by atoms with E-state index in [-0.39, 0.29) is 11.6 Å². The smallest absolute Gasteiger partial charge is 0.243 e. The summed E-state index contributed by atoms with van der Waals surface area (Å²) in [5.41, 5.74) is 14.7. The third-order valence-electron chi connectivity index (χ3n) is 4.82. The number of aromatic amines is 1. The van der Waals surface area contributed by atoms with E-state index in [9.17, 15) is 5.11 Å². The third kappa shape index (κ3) is 5.62. The first-order valence-electron chi connectivity index (χ1n) is 10.4. The minimum absolute atomic E-state index is 0.111. The van der Waals surface area contributed by atoms with Crippen molar-refractivity contribution in [2.75, 3.05) is 7.11 Å². The lowest BCUT2D eigenvalue weighted by molar-refractivity contribution is 0.211. The van der Waals surface area contributed by atoms with Crippen LogP contribution in [-0.4, -0.2) is 28.4 Å². The number of fused-ring (bicyclic) bond motifs is 1. The number of benzene rings is 2. The van der Waals surface area contributed by atoms with Crippen molar-refractivity contribution in [1.82, 2.24) is 9.97 Å². The van der Waals surface area contributed by atoms with Crippen molar-refractivity contribution in [3.8, 4) is 5.75 Å². The highest BCUT2D eigenvalue weighted by Crippen LogP contribution is 2.26. The number of para-hydroxylation sites is 2. The SMILES string of the molecule is C=CC=N/C(Oc1ccc([C@H](O)c2nc3ccccc3[nH]2)cc1)=C(N)/C(=C/C=C\N)C(=C)OC. The largest absolute Gasteiger partial charge is 0.497 e. The molecule has 1 atom stereocenters. The van der Waals surface area contributed by atoms with Crippen LogP contribution in [-0.2, 0) is 4.74 Å². The van der Waals surface area contributed by atoms with Gasteiger partial charge >= 0.3 is 0 Å². The second-order valence-corrected chi connectivity index (χ2v) is 7.04. The van der Waals surface area contributed by atoms with Gasteiger partial charge in [0, 0.05) is 11.8 Å². The molecule has 0 bridgehead atoms. The molecule has 0 aliphatic carbocycles. The molecule has 8 nitrogen and oxygen atoms in total. The average molecular weight is 458 g/mol. The van der Waals surface area contributed by atoms with Crippen LogP contribution in [0.25, 0.3) is 11.0 Å². The van der Waals surface area contributed by atoms with E-state index in [1.165, 1.54) is 25.6 Å². The van der Waals surface area contributed by atoms with Crippen LogP contribution in [0.15, 0.2) is 114 Å². The molecule has 0 saturated heterocycles. The molecule has 6 N–H and O–H groups in total. The van der Waals surface area contributed by atoms with Gasteiger partial charge in [-0.05, 0) is 48.2 Å². The Morgan fingerprint density at radius 2 is 1.94 bits per heavy atom. The van der Waals surface area contributed by atoms with Crippen molar-refractivity contribution < 1.29 is 14.6 Å². The van der Waals surface area contributed by atoms with E-state index < -0.39 is 6.10 Å². The van der Waals surface area contributed by atoms with Crippen molar-refractivity contribution in [3.05, 3.63) is 120 Å². The molecule has 34 heavy (non-hydrogen) atoms. The lowest BCUT2D eigenvalue weighted by Crippen LogP contribution is -2.11. The fraction of sp³-hybridized carbons (Fsp3) is 0.0769. The van der Waals surface area contributed by atoms with Gasteiger partial charge in [-0.1, -0.05) is 43.5 Å². The number of methoxy groups -OCH3 is 1. The molecule has 2 aromatic carbocycles. The molecule has 0 fully saturated rings. The molecule has 1 heterocycles. The zero-order valence-corrected chi connectivity index (χ0v) is 18.8. The Kier molecular flexibility index (Phi) is 8.04. The first-order chi connectivity index (χ1) is 16.5. The quantitative estimate of drug-likeness (QED) is 0.207. The third-order valence-corrected chi connectivity index (χ3v) is 4.82. The molecular weight excluding hydrogens is 430 g/mol. The van der Waals surface area contributed by atoms with Gasteiger partial charge in [-0.2, -0.15) is 0 Å². The van der Waals surface area contributed by atoms with Crippen molar-refractivity contribution in [2.45, 2.75) is 6.10 Å². The van der Waals surface area contributed by atoms with Crippen LogP contribution in [0.4, 0.5) is 0 Å². The number of nitrogens with two attached hydrogens (primary N) is 2. The summed E-state index contributed by atoms with van der Waals surface area (Å²) in [5, 5.41) is 10.8. The van der Waals surface area contributed by atoms with Crippen LogP contribution in [0.1, 0.15) is 17.5 Å². The summed E-state index contributed by atoms with van der Waals surface area (Å²) < 4.78 is 11.2. The van der Waals surface area contributed by atoms with Gasteiger partial charge in [0.15, 0.2) is 0 Å². The molecule has 0 unspecified atom stereocenters. The predicted octanol–water partition coefficient (Wildman–Crippen LogP) is 3.97. The van der Waals surface area contributed by atoms with Crippen LogP contribution in [0.2, 0.25) is 0 Å². The molecule has 0 radical (unpaired) electrons. The Morgan fingerprint density at radius 1 is 1.21 bits per heavy atom. The van der Waals surface area contributed by atoms with E-state index in [1.54, 1.807) is 36.4 Å². The molecule has 8 heteroatoms. The first-order valence-corrected chi connectivity index (χ1v) is 10.4. The van der Waals surface area contributed by atoms with E-state index in [2.05, 4.69) is 28.1 Å². The highest BCUT2D eigenvalue weighted by Gasteiger charge is 2.17. The van der Waals surface area contributed by atoms with Gasteiger partial charge in [-0.3, -0.25) is 0 Å². The van der Waals surface area contributed by atoms with Crippen LogP contribution in [0, 0.1) is 0 Å². The number of hydrogen-bond donors (Lipinski definition) is 4. The van der Waals surface area contributed by atoms with E-state index in [0.717, 1.165) is 11.0 Å². The number of ether oxygens (including phenoxy) is 2. The minimum atomic E-state index is -0.928. The summed E-state index contributed by atoms with van der Waals surface area (Å²) >= 11 is 0. The van der Waals surface area contributed by atoms with E-state index in [4.69, 9.17) is 20.9 Å². The van der Waals surface area contributed by atoms with Crippen LogP contribution < -0.4 is 16.2 Å². The fourth-order valence-electron chi connectivity index (χ4n) is 3.07. The molecule has 0 amide bonds. The molecule has 0 saturated carbocycles. The molecule has 0 aliphatic heterocycles. The number of allylic oxidation sites excluding steroid dienone is 3. The predicted molar refractivity (Wildman–Crippen MR) is 135 cm³/mol. The maximum atomic E-state index is 10.8. The number of aliphatic hydroxyl groups is 1. The van der Waals surface area contributed by atoms with Gasteiger partial charge in [0.05, 0.1) is 18.1 Å². The van der Waals surface area contributed by atoms with Gasteiger partial charge in [0.25, 0.3) is 0 Å². The summed E-state index contributed by atoms with van der Waals surface area (Å²) in [6.45, 7) is 7.48. The number of nitrogens with one attached hydrogen (secondary N) is 1. The standard InChI is InChI=1S/C26H27N5O3/c1-4-16-29-26(23(28)20(8-7-15-27)17(2)33-3)34-19-13-11-18(12-14-19)24(32)25-30-21-9-5-6-10-22(21)31-25/h4-16,24,32H,1-2,27-28H2,3H3,(H,30,31)/b15-7-,20-8+,26-23+,29-16?/t24-/m0/s1. The number of aliphatic hydroxyl groups excluding tert-OH is 1. The Bertz CT molecular complexity index is 1250. The van der Waals surface area contributed by atoms with Gasteiger partial charge in [0.1, 0.15) is 29.1 Å².